The quantitative estimate of drug-likeness (QED) is 0.403. The normalized spacial score (nSPS) is 11.0. The first-order chi connectivity index (χ1) is 10.1. The molecular formula is C14H18N4O3. The SMILES string of the molecule is CCN(CC(N)=O)Cc1c(C(=O)NN)oc2ccccc12. The Morgan fingerprint density at radius 1 is 1.33 bits per heavy atom. The number of hydrogen-bond donors (Lipinski definition) is 3. The average molecular weight is 290 g/mol. The van der Waals surface area contributed by atoms with Gasteiger partial charge in [0.2, 0.25) is 5.91 Å². The molecule has 0 fully saturated rings. The summed E-state index contributed by atoms with van der Waals surface area (Å²) in [7, 11) is 0. The number of benzene rings is 1. The number of amides is 2. The van der Waals surface area contributed by atoms with Crippen LogP contribution in [0.5, 0.6) is 0 Å². The number of hydrazine groups is 1. The van der Waals surface area contributed by atoms with Crippen molar-refractivity contribution >= 4 is 22.8 Å². The Morgan fingerprint density at radius 3 is 2.67 bits per heavy atom. The number of rotatable bonds is 6. The van der Waals surface area contributed by atoms with Crippen LogP contribution in [0.25, 0.3) is 11.0 Å². The van der Waals surface area contributed by atoms with E-state index in [0.717, 1.165) is 5.39 Å². The number of carbonyl (C=O) groups excluding carboxylic acids is 2. The highest BCUT2D eigenvalue weighted by Crippen LogP contribution is 2.27. The lowest BCUT2D eigenvalue weighted by Crippen LogP contribution is -2.34. The van der Waals surface area contributed by atoms with Crippen molar-refractivity contribution in [2.24, 2.45) is 11.6 Å². The van der Waals surface area contributed by atoms with E-state index < -0.39 is 11.8 Å². The fraction of sp³-hybridized carbons (Fsp3) is 0.286. The number of fused-ring (bicyclic) bond motifs is 1. The summed E-state index contributed by atoms with van der Waals surface area (Å²) in [4.78, 5) is 24.8. The van der Waals surface area contributed by atoms with E-state index in [1.54, 1.807) is 6.07 Å². The van der Waals surface area contributed by atoms with E-state index in [4.69, 9.17) is 16.0 Å². The third kappa shape index (κ3) is 3.21. The number of nitrogens with zero attached hydrogens (tertiary/aromatic N) is 1. The number of hydrogen-bond acceptors (Lipinski definition) is 5. The summed E-state index contributed by atoms with van der Waals surface area (Å²) in [5.74, 6) is 4.42. The first-order valence-electron chi connectivity index (χ1n) is 6.58. The summed E-state index contributed by atoms with van der Waals surface area (Å²) in [5.41, 5.74) is 8.59. The smallest absolute Gasteiger partial charge is 0.301 e. The summed E-state index contributed by atoms with van der Waals surface area (Å²) in [6.45, 7) is 3.01. The van der Waals surface area contributed by atoms with Gasteiger partial charge in [0, 0.05) is 17.5 Å². The van der Waals surface area contributed by atoms with E-state index in [2.05, 4.69) is 5.43 Å². The molecule has 0 atom stereocenters. The Labute approximate surface area is 121 Å². The number of likely N-dealkylation sites (N-methyl/N-ethyl adjacent to an activating group) is 1. The second kappa shape index (κ2) is 6.38. The molecule has 2 amide bonds. The number of nitrogens with two attached hydrogens (primary N) is 2. The minimum Gasteiger partial charge on any atom is -0.451 e. The number of primary amides is 1. The van der Waals surface area contributed by atoms with Crippen LogP contribution in [-0.2, 0) is 11.3 Å². The maximum absolute atomic E-state index is 11.9. The Balaban J connectivity index is 2.44. The van der Waals surface area contributed by atoms with Crippen LogP contribution in [0.15, 0.2) is 28.7 Å². The molecule has 1 aromatic heterocycles. The zero-order valence-corrected chi connectivity index (χ0v) is 11.8. The lowest BCUT2D eigenvalue weighted by atomic mass is 10.1. The zero-order chi connectivity index (χ0) is 15.4. The molecule has 7 nitrogen and oxygen atoms in total. The Morgan fingerprint density at radius 2 is 2.05 bits per heavy atom. The Bertz CT molecular complexity index is 665. The Kier molecular flexibility index (Phi) is 4.56. The highest BCUT2D eigenvalue weighted by molar-refractivity contribution is 5.98. The summed E-state index contributed by atoms with van der Waals surface area (Å²) in [5, 5.41) is 0.819. The van der Waals surface area contributed by atoms with Crippen molar-refractivity contribution in [3.8, 4) is 0 Å². The summed E-state index contributed by atoms with van der Waals surface area (Å²) in [6, 6.07) is 7.31. The van der Waals surface area contributed by atoms with Crippen molar-refractivity contribution in [1.29, 1.82) is 0 Å². The molecule has 1 heterocycles. The molecule has 21 heavy (non-hydrogen) atoms. The van der Waals surface area contributed by atoms with Gasteiger partial charge in [0.25, 0.3) is 0 Å². The molecule has 1 aromatic carbocycles. The third-order valence-electron chi connectivity index (χ3n) is 3.24. The predicted molar refractivity (Wildman–Crippen MR) is 78.0 cm³/mol. The van der Waals surface area contributed by atoms with Gasteiger partial charge in [-0.25, -0.2) is 5.84 Å². The molecule has 112 valence electrons. The van der Waals surface area contributed by atoms with Crippen LogP contribution >= 0.6 is 0 Å². The van der Waals surface area contributed by atoms with E-state index >= 15 is 0 Å². The van der Waals surface area contributed by atoms with Gasteiger partial charge in [-0.3, -0.25) is 19.9 Å². The van der Waals surface area contributed by atoms with Gasteiger partial charge in [-0.15, -0.1) is 0 Å². The first kappa shape index (κ1) is 15.0. The van der Waals surface area contributed by atoms with Gasteiger partial charge in [-0.2, -0.15) is 0 Å². The minimum atomic E-state index is -0.503. The monoisotopic (exact) mass is 290 g/mol. The van der Waals surface area contributed by atoms with Gasteiger partial charge in [-0.1, -0.05) is 25.1 Å². The standard InChI is InChI=1S/C14H18N4O3/c1-2-18(8-12(15)19)7-10-9-5-3-4-6-11(9)21-13(10)14(20)17-16/h3-6H,2,7-8,16H2,1H3,(H2,15,19)(H,17,20). The van der Waals surface area contributed by atoms with E-state index in [1.807, 2.05) is 30.0 Å². The average Bonchev–Trinajstić information content (AvgIpc) is 2.84. The number of nitrogen functional groups attached to an aromatic ring is 1. The topological polar surface area (TPSA) is 115 Å². The van der Waals surface area contributed by atoms with Gasteiger partial charge >= 0.3 is 5.91 Å². The van der Waals surface area contributed by atoms with Gasteiger partial charge in [-0.05, 0) is 12.6 Å². The highest BCUT2D eigenvalue weighted by atomic mass is 16.3. The second-order valence-corrected chi connectivity index (χ2v) is 4.65. The number of para-hydroxylation sites is 1. The fourth-order valence-corrected chi connectivity index (χ4v) is 2.23. The molecule has 0 saturated carbocycles. The Hall–Kier alpha value is -2.38. The van der Waals surface area contributed by atoms with Crippen molar-refractivity contribution in [3.05, 3.63) is 35.6 Å². The van der Waals surface area contributed by atoms with Crippen LogP contribution in [0.1, 0.15) is 23.0 Å². The van der Waals surface area contributed by atoms with Crippen molar-refractivity contribution in [1.82, 2.24) is 10.3 Å². The minimum absolute atomic E-state index is 0.111. The van der Waals surface area contributed by atoms with Crippen molar-refractivity contribution in [2.45, 2.75) is 13.5 Å². The molecule has 0 radical (unpaired) electrons. The molecule has 0 aliphatic carbocycles. The summed E-state index contributed by atoms with van der Waals surface area (Å²) >= 11 is 0. The predicted octanol–water partition coefficient (Wildman–Crippen LogP) is 0.344. The van der Waals surface area contributed by atoms with Crippen LogP contribution in [0.4, 0.5) is 0 Å². The van der Waals surface area contributed by atoms with Crippen molar-refractivity contribution < 1.29 is 14.0 Å². The second-order valence-electron chi connectivity index (χ2n) is 4.65. The maximum atomic E-state index is 11.9. The van der Waals surface area contributed by atoms with Gasteiger partial charge in [0.15, 0.2) is 5.76 Å². The van der Waals surface area contributed by atoms with Crippen LogP contribution in [0.3, 0.4) is 0 Å². The molecular weight excluding hydrogens is 272 g/mol. The van der Waals surface area contributed by atoms with Crippen LogP contribution < -0.4 is 17.0 Å². The van der Waals surface area contributed by atoms with Gasteiger partial charge < -0.3 is 10.2 Å². The van der Waals surface area contributed by atoms with Crippen molar-refractivity contribution in [3.63, 3.8) is 0 Å². The van der Waals surface area contributed by atoms with E-state index in [1.165, 1.54) is 0 Å². The van der Waals surface area contributed by atoms with Crippen LogP contribution in [-0.4, -0.2) is 29.8 Å². The zero-order valence-electron chi connectivity index (χ0n) is 11.8. The third-order valence-corrected chi connectivity index (χ3v) is 3.24. The molecule has 2 rings (SSSR count). The number of nitrogens with one attached hydrogen (secondary N) is 1. The molecule has 0 saturated heterocycles. The lowest BCUT2D eigenvalue weighted by molar-refractivity contribution is -0.119. The van der Waals surface area contributed by atoms with Gasteiger partial charge in [0.05, 0.1) is 6.54 Å². The van der Waals surface area contributed by atoms with Crippen molar-refractivity contribution in [2.75, 3.05) is 13.1 Å². The molecule has 5 N–H and O–H groups in total. The summed E-state index contributed by atoms with van der Waals surface area (Å²) < 4.78 is 5.57. The molecule has 0 aliphatic rings. The summed E-state index contributed by atoms with van der Waals surface area (Å²) in [6.07, 6.45) is 0. The number of furan rings is 1. The largest absolute Gasteiger partial charge is 0.451 e. The van der Waals surface area contributed by atoms with Crippen LogP contribution in [0, 0.1) is 0 Å². The van der Waals surface area contributed by atoms with Gasteiger partial charge in [0.1, 0.15) is 5.58 Å². The lowest BCUT2D eigenvalue weighted by Gasteiger charge is -2.18. The molecule has 0 spiro atoms. The molecule has 0 aliphatic heterocycles. The molecule has 2 aromatic rings. The molecule has 0 unspecified atom stereocenters. The first-order valence-corrected chi connectivity index (χ1v) is 6.58. The molecule has 7 heteroatoms. The fourth-order valence-electron chi connectivity index (χ4n) is 2.23. The molecule has 0 bridgehead atoms. The van der Waals surface area contributed by atoms with E-state index in [-0.39, 0.29) is 12.3 Å². The van der Waals surface area contributed by atoms with E-state index in [0.29, 0.717) is 24.2 Å². The van der Waals surface area contributed by atoms with E-state index in [9.17, 15) is 9.59 Å². The highest BCUT2D eigenvalue weighted by Gasteiger charge is 2.21. The van der Waals surface area contributed by atoms with Crippen LogP contribution in [0.2, 0.25) is 0 Å². The maximum Gasteiger partial charge on any atom is 0.301 e. The number of carbonyl (C=O) groups is 2.